The minimum atomic E-state index is 0.269. The second-order valence-electron chi connectivity index (χ2n) is 4.07. The smallest absolute Gasteiger partial charge is 0.102 e. The molecule has 0 aromatic carbocycles. The summed E-state index contributed by atoms with van der Waals surface area (Å²) in [6, 6.07) is 3.80. The highest BCUT2D eigenvalue weighted by Crippen LogP contribution is 2.52. The first-order valence-electron chi connectivity index (χ1n) is 4.65. The van der Waals surface area contributed by atoms with E-state index in [2.05, 4.69) is 11.1 Å². The lowest BCUT2D eigenvalue weighted by atomic mass is 9.95. The molecule has 1 heterocycles. The Morgan fingerprint density at radius 3 is 3.00 bits per heavy atom. The zero-order valence-electron chi connectivity index (χ0n) is 7.33. The summed E-state index contributed by atoms with van der Waals surface area (Å²) in [5.41, 5.74) is 0.269. The molecule has 1 saturated carbocycles. The molecule has 1 N–H and O–H groups in total. The van der Waals surface area contributed by atoms with E-state index in [1.807, 2.05) is 12.1 Å². The van der Waals surface area contributed by atoms with Crippen LogP contribution in [0, 0.1) is 5.41 Å². The highest BCUT2D eigenvalue weighted by Gasteiger charge is 2.42. The van der Waals surface area contributed by atoms with E-state index < -0.39 is 0 Å². The van der Waals surface area contributed by atoms with Crippen LogP contribution in [0.5, 0.6) is 0 Å². The molecule has 1 fully saturated rings. The number of pyridine rings is 1. The van der Waals surface area contributed by atoms with Crippen LogP contribution in [0.15, 0.2) is 18.3 Å². The fourth-order valence-electron chi connectivity index (χ4n) is 2.03. The zero-order valence-corrected chi connectivity index (χ0v) is 7.33. The molecule has 2 aliphatic carbocycles. The fourth-order valence-corrected chi connectivity index (χ4v) is 2.03. The van der Waals surface area contributed by atoms with Gasteiger partial charge in [0.15, 0.2) is 0 Å². The average Bonchev–Trinajstić information content (AvgIpc) is 2.85. The van der Waals surface area contributed by atoms with Crippen molar-refractivity contribution in [1.29, 1.82) is 0 Å². The lowest BCUT2D eigenvalue weighted by molar-refractivity contribution is 0.450. The van der Waals surface area contributed by atoms with Crippen LogP contribution < -0.4 is 10.6 Å². The molecule has 0 saturated heterocycles. The van der Waals surface area contributed by atoms with Crippen LogP contribution in [0.2, 0.25) is 0 Å². The Morgan fingerprint density at radius 2 is 2.23 bits per heavy atom. The minimum absolute atomic E-state index is 0.269. The van der Waals surface area contributed by atoms with Crippen molar-refractivity contribution in [3.8, 4) is 0 Å². The molecule has 1 spiro atoms. The highest BCUT2D eigenvalue weighted by atomic mass is 16.3. The van der Waals surface area contributed by atoms with Gasteiger partial charge >= 0.3 is 0 Å². The Morgan fingerprint density at radius 1 is 1.38 bits per heavy atom. The minimum Gasteiger partial charge on any atom is -0.512 e. The third-order valence-corrected chi connectivity index (χ3v) is 3.00. The fraction of sp³-hybridized carbons (Fsp3) is 0.364. The normalized spacial score (nSPS) is 22.3. The predicted octanol–water partition coefficient (Wildman–Crippen LogP) is 0.712. The SMILES string of the molecule is OC1=c2cccnc2=CC2(CC2)C1. The highest BCUT2D eigenvalue weighted by molar-refractivity contribution is 5.51. The summed E-state index contributed by atoms with van der Waals surface area (Å²) in [4.78, 5) is 4.27. The maximum atomic E-state index is 9.79. The van der Waals surface area contributed by atoms with Gasteiger partial charge in [0.2, 0.25) is 0 Å². The summed E-state index contributed by atoms with van der Waals surface area (Å²) in [5.74, 6) is 0.517. The first-order valence-corrected chi connectivity index (χ1v) is 4.65. The van der Waals surface area contributed by atoms with Crippen LogP contribution in [0.3, 0.4) is 0 Å². The molecule has 1 aromatic heterocycles. The third kappa shape index (κ3) is 0.981. The van der Waals surface area contributed by atoms with E-state index in [9.17, 15) is 5.11 Å². The third-order valence-electron chi connectivity index (χ3n) is 3.00. The number of rotatable bonds is 0. The Hall–Kier alpha value is -1.31. The molecule has 0 unspecified atom stereocenters. The molecule has 3 rings (SSSR count). The summed E-state index contributed by atoms with van der Waals surface area (Å²) in [6.07, 6.45) is 7.22. The number of fused-ring (bicyclic) bond motifs is 1. The molecule has 0 atom stereocenters. The summed E-state index contributed by atoms with van der Waals surface area (Å²) >= 11 is 0. The van der Waals surface area contributed by atoms with E-state index >= 15 is 0 Å². The average molecular weight is 173 g/mol. The van der Waals surface area contributed by atoms with Gasteiger partial charge in [-0.15, -0.1) is 0 Å². The topological polar surface area (TPSA) is 33.1 Å². The quantitative estimate of drug-likeness (QED) is 0.627. The van der Waals surface area contributed by atoms with Gasteiger partial charge in [0.05, 0.1) is 5.35 Å². The molecule has 13 heavy (non-hydrogen) atoms. The number of hydrogen-bond acceptors (Lipinski definition) is 2. The molecule has 0 amide bonds. The van der Waals surface area contributed by atoms with Crippen LogP contribution in [-0.4, -0.2) is 10.1 Å². The van der Waals surface area contributed by atoms with E-state index in [0.717, 1.165) is 17.0 Å². The van der Waals surface area contributed by atoms with Gasteiger partial charge in [-0.3, -0.25) is 4.98 Å². The first kappa shape index (κ1) is 7.13. The lowest BCUT2D eigenvalue weighted by Gasteiger charge is -2.13. The predicted molar refractivity (Wildman–Crippen MR) is 50.3 cm³/mol. The van der Waals surface area contributed by atoms with Gasteiger partial charge in [0.1, 0.15) is 5.76 Å². The zero-order chi connectivity index (χ0) is 8.89. The van der Waals surface area contributed by atoms with Crippen LogP contribution in [0.25, 0.3) is 11.8 Å². The van der Waals surface area contributed by atoms with Crippen molar-refractivity contribution in [2.75, 3.05) is 0 Å². The van der Waals surface area contributed by atoms with Crippen LogP contribution in [0.1, 0.15) is 19.3 Å². The molecule has 2 heteroatoms. The van der Waals surface area contributed by atoms with Gasteiger partial charge in [-0.05, 0) is 30.4 Å². The summed E-state index contributed by atoms with van der Waals surface area (Å²) < 4.78 is 0. The first-order chi connectivity index (χ1) is 6.29. The van der Waals surface area contributed by atoms with Crippen molar-refractivity contribution in [2.24, 2.45) is 5.41 Å². The summed E-state index contributed by atoms with van der Waals surface area (Å²) in [7, 11) is 0. The number of hydrogen-bond donors (Lipinski definition) is 1. The maximum absolute atomic E-state index is 9.79. The van der Waals surface area contributed by atoms with Crippen molar-refractivity contribution < 1.29 is 5.11 Å². The van der Waals surface area contributed by atoms with Crippen molar-refractivity contribution in [1.82, 2.24) is 4.98 Å². The molecule has 0 bridgehead atoms. The second kappa shape index (κ2) is 2.13. The number of aliphatic hydroxyl groups excluding tert-OH is 1. The van der Waals surface area contributed by atoms with Crippen LogP contribution in [-0.2, 0) is 0 Å². The molecule has 0 radical (unpaired) electrons. The number of aromatic nitrogens is 1. The van der Waals surface area contributed by atoms with Crippen molar-refractivity contribution >= 4 is 11.8 Å². The Balaban J connectivity index is 2.37. The molecule has 1 aromatic rings. The molecule has 2 aliphatic rings. The monoisotopic (exact) mass is 173 g/mol. The Kier molecular flexibility index (Phi) is 1.17. The Bertz CT molecular complexity index is 471. The van der Waals surface area contributed by atoms with E-state index in [-0.39, 0.29) is 5.41 Å². The standard InChI is InChI=1S/C11H11NO/c13-10-7-11(3-4-11)6-9-8(10)2-1-5-12-9/h1-2,5-6,13H,3-4,7H2. The van der Waals surface area contributed by atoms with Crippen molar-refractivity contribution in [2.45, 2.75) is 19.3 Å². The largest absolute Gasteiger partial charge is 0.512 e. The summed E-state index contributed by atoms with van der Waals surface area (Å²) in [5, 5.41) is 11.7. The van der Waals surface area contributed by atoms with Gasteiger partial charge < -0.3 is 5.11 Å². The molecular formula is C11H11NO. The molecule has 2 nitrogen and oxygen atoms in total. The van der Waals surface area contributed by atoms with Crippen LogP contribution >= 0.6 is 0 Å². The van der Waals surface area contributed by atoms with E-state index in [0.29, 0.717) is 5.76 Å². The second-order valence-corrected chi connectivity index (χ2v) is 4.07. The van der Waals surface area contributed by atoms with Crippen molar-refractivity contribution in [3.63, 3.8) is 0 Å². The van der Waals surface area contributed by atoms with Crippen molar-refractivity contribution in [3.05, 3.63) is 28.9 Å². The Labute approximate surface area is 76.2 Å². The number of nitrogens with zero attached hydrogens (tertiary/aromatic N) is 1. The molecule has 66 valence electrons. The summed E-state index contributed by atoms with van der Waals surface area (Å²) in [6.45, 7) is 0. The van der Waals surface area contributed by atoms with Gasteiger partial charge in [-0.2, -0.15) is 0 Å². The van der Waals surface area contributed by atoms with Crippen LogP contribution in [0.4, 0.5) is 0 Å². The molecule has 0 aliphatic heterocycles. The van der Waals surface area contributed by atoms with Gasteiger partial charge in [-0.1, -0.05) is 6.08 Å². The van der Waals surface area contributed by atoms with E-state index in [1.165, 1.54) is 12.8 Å². The number of aliphatic hydroxyl groups is 1. The van der Waals surface area contributed by atoms with E-state index in [1.54, 1.807) is 6.20 Å². The van der Waals surface area contributed by atoms with Gasteiger partial charge in [-0.25, -0.2) is 0 Å². The van der Waals surface area contributed by atoms with Gasteiger partial charge in [0.25, 0.3) is 0 Å². The van der Waals surface area contributed by atoms with Gasteiger partial charge in [0, 0.05) is 17.8 Å². The molecular weight excluding hydrogens is 162 g/mol. The maximum Gasteiger partial charge on any atom is 0.102 e. The lowest BCUT2D eigenvalue weighted by Crippen LogP contribution is -2.34. The van der Waals surface area contributed by atoms with E-state index in [4.69, 9.17) is 0 Å².